The Balaban J connectivity index is 1.78. The van der Waals surface area contributed by atoms with Gasteiger partial charge in [-0.15, -0.1) is 0 Å². The molecule has 0 radical (unpaired) electrons. The van der Waals surface area contributed by atoms with Gasteiger partial charge in [-0.3, -0.25) is 14.9 Å². The molecule has 4 rings (SSSR count). The SMILES string of the molecule is COc1cc2cc(c1Cl)N(C)C(=O)C[C@H](OC(=O)[C@H](C)N(C)C(=O)CCS)C1(C)OC1[C@H](C)C1CC(O)(NC(=O)O1)C(OC)/C=C/C=C(\C)C2. The van der Waals surface area contributed by atoms with Crippen LogP contribution < -0.4 is 15.0 Å². The lowest BCUT2D eigenvalue weighted by Gasteiger charge is -2.42. The van der Waals surface area contributed by atoms with Crippen LogP contribution in [0.25, 0.3) is 0 Å². The summed E-state index contributed by atoms with van der Waals surface area (Å²) in [6.07, 6.45) is 1.08. The van der Waals surface area contributed by atoms with Crippen molar-refractivity contribution in [2.45, 2.75) is 95.2 Å². The average molecular weight is 738 g/mol. The fraction of sp³-hybridized carbons (Fsp3) is 0.600. The Kier molecular flexibility index (Phi) is 12.6. The topological polar surface area (TPSA) is 156 Å². The second-order valence-corrected chi connectivity index (χ2v) is 14.2. The first-order valence-electron chi connectivity index (χ1n) is 16.4. The number of carbonyl (C=O) groups is 4. The number of hydrogen-bond donors (Lipinski definition) is 3. The number of aliphatic hydroxyl groups is 1. The molecule has 2 N–H and O–H groups in total. The third-order valence-electron chi connectivity index (χ3n) is 9.85. The summed E-state index contributed by atoms with van der Waals surface area (Å²) >= 11 is 10.8. The van der Waals surface area contributed by atoms with Gasteiger partial charge in [-0.2, -0.15) is 12.6 Å². The van der Waals surface area contributed by atoms with Gasteiger partial charge in [0.1, 0.15) is 40.7 Å². The van der Waals surface area contributed by atoms with Gasteiger partial charge in [0.15, 0.2) is 5.72 Å². The number of rotatable bonds is 7. The fourth-order valence-corrected chi connectivity index (χ4v) is 6.99. The van der Waals surface area contributed by atoms with Crippen LogP contribution in [0.4, 0.5) is 10.5 Å². The van der Waals surface area contributed by atoms with E-state index in [2.05, 4.69) is 17.9 Å². The number of epoxide rings is 1. The minimum absolute atomic E-state index is 0.0489. The van der Waals surface area contributed by atoms with Gasteiger partial charge in [0.05, 0.1) is 25.3 Å². The predicted octanol–water partition coefficient (Wildman–Crippen LogP) is 3.83. The molecule has 0 saturated carbocycles. The highest BCUT2D eigenvalue weighted by molar-refractivity contribution is 7.80. The number of carbonyl (C=O) groups excluding carboxylic acids is 4. The molecule has 0 spiro atoms. The Morgan fingerprint density at radius 3 is 2.62 bits per heavy atom. The Labute approximate surface area is 303 Å². The first-order chi connectivity index (χ1) is 23.5. The molecule has 1 aromatic carbocycles. The van der Waals surface area contributed by atoms with Crippen molar-refractivity contribution in [2.75, 3.05) is 39.0 Å². The van der Waals surface area contributed by atoms with E-state index in [9.17, 15) is 24.3 Å². The first-order valence-corrected chi connectivity index (χ1v) is 17.5. The number of likely N-dealkylation sites (N-methyl/N-ethyl adjacent to an activating group) is 1. The molecule has 5 unspecified atom stereocenters. The number of alkyl carbamates (subject to hydrolysis) is 1. The lowest BCUT2D eigenvalue weighted by atomic mass is 9.83. The Bertz CT molecular complexity index is 1540. The molecule has 276 valence electrons. The molecule has 3 aliphatic rings. The molecule has 13 nitrogen and oxygen atoms in total. The number of ether oxygens (including phenoxy) is 5. The van der Waals surface area contributed by atoms with Gasteiger partial charge in [0.25, 0.3) is 0 Å². The van der Waals surface area contributed by atoms with Crippen LogP contribution in [0.1, 0.15) is 52.5 Å². The number of allylic oxidation sites excluding steroid dienone is 3. The third kappa shape index (κ3) is 8.42. The zero-order chi connectivity index (χ0) is 37.1. The number of nitrogens with one attached hydrogen (secondary N) is 1. The molecule has 3 heterocycles. The van der Waals surface area contributed by atoms with E-state index in [1.54, 1.807) is 45.2 Å². The second-order valence-electron chi connectivity index (χ2n) is 13.4. The van der Waals surface area contributed by atoms with Crippen LogP contribution in [-0.4, -0.2) is 110 Å². The Morgan fingerprint density at radius 2 is 1.98 bits per heavy atom. The lowest BCUT2D eigenvalue weighted by molar-refractivity contribution is -0.161. The van der Waals surface area contributed by atoms with Crippen LogP contribution in [0.2, 0.25) is 5.02 Å². The van der Waals surface area contributed by atoms with Crippen molar-refractivity contribution in [2.24, 2.45) is 5.92 Å². The van der Waals surface area contributed by atoms with E-state index in [-0.39, 0.29) is 30.2 Å². The van der Waals surface area contributed by atoms with E-state index in [1.165, 1.54) is 38.0 Å². The largest absolute Gasteiger partial charge is 0.495 e. The van der Waals surface area contributed by atoms with E-state index in [0.717, 1.165) is 11.1 Å². The molecular weight excluding hydrogens is 690 g/mol. The monoisotopic (exact) mass is 737 g/mol. The number of methoxy groups -OCH3 is 2. The van der Waals surface area contributed by atoms with E-state index in [1.807, 2.05) is 13.0 Å². The first kappa shape index (κ1) is 39.5. The van der Waals surface area contributed by atoms with Gasteiger partial charge in [-0.05, 0) is 50.6 Å². The number of halogens is 1. The van der Waals surface area contributed by atoms with E-state index >= 15 is 0 Å². The molecule has 0 aliphatic carbocycles. The minimum Gasteiger partial charge on any atom is -0.495 e. The Morgan fingerprint density at radius 1 is 1.28 bits per heavy atom. The fourth-order valence-electron chi connectivity index (χ4n) is 6.49. The van der Waals surface area contributed by atoms with Gasteiger partial charge in [0, 0.05) is 40.0 Å². The highest BCUT2D eigenvalue weighted by Gasteiger charge is 2.64. The molecule has 3 amide bonds. The van der Waals surface area contributed by atoms with Gasteiger partial charge >= 0.3 is 12.1 Å². The van der Waals surface area contributed by atoms with E-state index in [0.29, 0.717) is 23.6 Å². The molecule has 2 saturated heterocycles. The van der Waals surface area contributed by atoms with E-state index < -0.39 is 65.7 Å². The molecule has 1 aromatic rings. The maximum atomic E-state index is 14.0. The number of amides is 3. The average Bonchev–Trinajstić information content (AvgIpc) is 3.76. The van der Waals surface area contributed by atoms with Crippen molar-refractivity contribution in [1.29, 1.82) is 0 Å². The number of thiol groups is 1. The number of hydrogen-bond acceptors (Lipinski definition) is 11. The summed E-state index contributed by atoms with van der Waals surface area (Å²) in [5.41, 5.74) is -0.903. The third-order valence-corrected chi connectivity index (χ3v) is 10.5. The normalized spacial score (nSPS) is 32.3. The maximum Gasteiger partial charge on any atom is 0.409 e. The molecule has 0 aromatic heterocycles. The Hall–Kier alpha value is -3.30. The molecule has 50 heavy (non-hydrogen) atoms. The van der Waals surface area contributed by atoms with Gasteiger partial charge < -0.3 is 38.6 Å². The summed E-state index contributed by atoms with van der Waals surface area (Å²) in [4.78, 5) is 55.6. The quantitative estimate of drug-likeness (QED) is 0.214. The smallest absolute Gasteiger partial charge is 0.409 e. The van der Waals surface area contributed by atoms with Crippen LogP contribution in [-0.2, 0) is 39.8 Å². The van der Waals surface area contributed by atoms with Crippen LogP contribution in [0, 0.1) is 5.92 Å². The van der Waals surface area contributed by atoms with Crippen LogP contribution in [0.3, 0.4) is 0 Å². The van der Waals surface area contributed by atoms with Crippen molar-refractivity contribution in [3.05, 3.63) is 46.5 Å². The second kappa shape index (κ2) is 15.9. The number of esters is 1. The summed E-state index contributed by atoms with van der Waals surface area (Å²) in [5.74, 6) is -1.30. The highest BCUT2D eigenvalue weighted by atomic mass is 35.5. The zero-order valence-electron chi connectivity index (χ0n) is 29.7. The van der Waals surface area contributed by atoms with Crippen molar-refractivity contribution in [3.63, 3.8) is 0 Å². The maximum absolute atomic E-state index is 14.0. The number of benzene rings is 1. The minimum atomic E-state index is -1.82. The van der Waals surface area contributed by atoms with Crippen molar-refractivity contribution >= 4 is 53.8 Å². The highest BCUT2D eigenvalue weighted by Crippen LogP contribution is 2.49. The molecule has 4 bridgehead atoms. The summed E-state index contributed by atoms with van der Waals surface area (Å²) in [7, 11) is 5.98. The van der Waals surface area contributed by atoms with Gasteiger partial charge in [-0.1, -0.05) is 42.3 Å². The number of fused-ring (bicyclic) bond motifs is 5. The zero-order valence-corrected chi connectivity index (χ0v) is 31.4. The lowest BCUT2D eigenvalue weighted by Crippen LogP contribution is -2.63. The van der Waals surface area contributed by atoms with Crippen LogP contribution in [0.5, 0.6) is 5.75 Å². The van der Waals surface area contributed by atoms with Crippen LogP contribution >= 0.6 is 24.2 Å². The summed E-state index contributed by atoms with van der Waals surface area (Å²) in [6.45, 7) is 6.96. The number of anilines is 1. The molecule has 3 aliphatic heterocycles. The molecular formula is C35H48ClN3O10S. The van der Waals surface area contributed by atoms with Crippen molar-refractivity contribution < 1.29 is 48.0 Å². The summed E-state index contributed by atoms with van der Waals surface area (Å²) < 4.78 is 29.0. The van der Waals surface area contributed by atoms with Crippen molar-refractivity contribution in [1.82, 2.24) is 10.2 Å². The predicted molar refractivity (Wildman–Crippen MR) is 189 cm³/mol. The summed E-state index contributed by atoms with van der Waals surface area (Å²) in [5, 5.41) is 14.4. The van der Waals surface area contributed by atoms with Gasteiger partial charge in [0.2, 0.25) is 11.8 Å². The molecule has 15 heteroatoms. The van der Waals surface area contributed by atoms with Crippen molar-refractivity contribution in [3.8, 4) is 5.75 Å². The van der Waals surface area contributed by atoms with Gasteiger partial charge in [-0.25, -0.2) is 9.59 Å². The molecule has 8 atom stereocenters. The van der Waals surface area contributed by atoms with Crippen LogP contribution in [0.15, 0.2) is 35.9 Å². The number of nitrogens with zero attached hydrogens (tertiary/aromatic N) is 2. The molecule has 2 fully saturated rings. The standard InChI is InChI=1S/C35H48ClN3O10S/c1-19-10-9-11-26(46-8)35(44)18-25(47-33(43)37-35)20(2)31-34(4,49-31)27(48-32(42)21(3)38(5)28(40)12-13-50)17-29(41)39(6)23-15-22(14-19)16-24(45-7)30(23)36/h9-11,15-16,20-21,25-27,31,44,50H,12-14,17-18H2,1-8H3,(H,37,43)/b11-9+,19-10+/t20-,21+,25?,26?,27+,31?,34?,35?/m1/s1. The summed E-state index contributed by atoms with van der Waals surface area (Å²) in [6, 6.07) is 2.60. The van der Waals surface area contributed by atoms with E-state index in [4.69, 9.17) is 35.3 Å².